The molecule has 2 aliphatic rings. The third-order valence-corrected chi connectivity index (χ3v) is 6.30. The monoisotopic (exact) mass is 378 g/mol. The standard InChI is InChI=1S/C23H30O3.Na.H/c1-2-5-20(16-22(24)25)19-6-8-21(9-7-19)26-17-18-10-14-23(15-11-18)12-3-4-13-23;;/h6-9,18,20H,3-4,10-17H2,1H3,(H,24,25);;/t20-;;/m0../s1. The van der Waals surface area contributed by atoms with Crippen LogP contribution in [-0.4, -0.2) is 47.2 Å². The van der Waals surface area contributed by atoms with Crippen molar-refractivity contribution in [2.75, 3.05) is 6.61 Å². The Labute approximate surface area is 185 Å². The zero-order valence-electron chi connectivity index (χ0n) is 15.8. The average molecular weight is 378 g/mol. The van der Waals surface area contributed by atoms with Gasteiger partial charge in [-0.15, -0.1) is 5.92 Å². The molecular weight excluding hydrogens is 347 g/mol. The van der Waals surface area contributed by atoms with Gasteiger partial charge in [0.05, 0.1) is 18.9 Å². The minimum absolute atomic E-state index is 0. The molecule has 0 bridgehead atoms. The van der Waals surface area contributed by atoms with E-state index in [0.717, 1.165) is 17.9 Å². The van der Waals surface area contributed by atoms with Crippen LogP contribution >= 0.6 is 0 Å². The van der Waals surface area contributed by atoms with Gasteiger partial charge in [0.25, 0.3) is 0 Å². The van der Waals surface area contributed by atoms with E-state index in [4.69, 9.17) is 9.84 Å². The van der Waals surface area contributed by atoms with E-state index in [9.17, 15) is 4.79 Å². The Bertz CT molecular complexity index is 655. The third kappa shape index (κ3) is 6.28. The van der Waals surface area contributed by atoms with Crippen LogP contribution in [0.3, 0.4) is 0 Å². The second-order valence-corrected chi connectivity index (χ2v) is 8.08. The fourth-order valence-electron chi connectivity index (χ4n) is 4.69. The fraction of sp³-hybridized carbons (Fsp3) is 0.609. The Morgan fingerprint density at radius 2 is 1.81 bits per heavy atom. The maximum absolute atomic E-state index is 11.0. The molecule has 142 valence electrons. The molecule has 0 saturated heterocycles. The first-order valence-electron chi connectivity index (χ1n) is 9.97. The first-order valence-corrected chi connectivity index (χ1v) is 9.97. The summed E-state index contributed by atoms with van der Waals surface area (Å²) in [6, 6.07) is 7.79. The number of ether oxygens (including phenoxy) is 1. The van der Waals surface area contributed by atoms with Crippen molar-refractivity contribution >= 4 is 35.5 Å². The van der Waals surface area contributed by atoms with Crippen LogP contribution < -0.4 is 4.74 Å². The van der Waals surface area contributed by atoms with Crippen molar-refractivity contribution in [1.29, 1.82) is 0 Å². The summed E-state index contributed by atoms with van der Waals surface area (Å²) in [4.78, 5) is 11.0. The number of carboxylic acids is 1. The van der Waals surface area contributed by atoms with Gasteiger partial charge in [-0.2, -0.15) is 0 Å². The van der Waals surface area contributed by atoms with Crippen LogP contribution in [0.2, 0.25) is 0 Å². The molecule has 0 aliphatic heterocycles. The van der Waals surface area contributed by atoms with E-state index in [-0.39, 0.29) is 41.9 Å². The summed E-state index contributed by atoms with van der Waals surface area (Å²) >= 11 is 0. The predicted octanol–water partition coefficient (Wildman–Crippen LogP) is 4.75. The van der Waals surface area contributed by atoms with Gasteiger partial charge in [0.2, 0.25) is 0 Å². The summed E-state index contributed by atoms with van der Waals surface area (Å²) < 4.78 is 6.02. The topological polar surface area (TPSA) is 46.5 Å². The minimum atomic E-state index is -0.824. The van der Waals surface area contributed by atoms with Gasteiger partial charge in [-0.25, -0.2) is 0 Å². The number of rotatable bonds is 6. The van der Waals surface area contributed by atoms with Crippen LogP contribution in [-0.2, 0) is 4.79 Å². The van der Waals surface area contributed by atoms with E-state index in [0.29, 0.717) is 11.3 Å². The van der Waals surface area contributed by atoms with Crippen molar-refractivity contribution in [3.05, 3.63) is 29.8 Å². The fourth-order valence-corrected chi connectivity index (χ4v) is 4.69. The van der Waals surface area contributed by atoms with Gasteiger partial charge in [-0.1, -0.05) is 30.9 Å². The number of benzene rings is 1. The number of hydrogen-bond donors (Lipinski definition) is 1. The first-order chi connectivity index (χ1) is 12.6. The van der Waals surface area contributed by atoms with Crippen LogP contribution in [0.15, 0.2) is 24.3 Å². The van der Waals surface area contributed by atoms with E-state index < -0.39 is 5.97 Å². The summed E-state index contributed by atoms with van der Waals surface area (Å²) in [5.74, 6) is 6.28. The second kappa shape index (κ2) is 10.6. The molecular formula is C23H31NaO3. The normalized spacial score (nSPS) is 19.6. The van der Waals surface area contributed by atoms with E-state index in [1.807, 2.05) is 24.3 Å². The van der Waals surface area contributed by atoms with Gasteiger partial charge in [0.1, 0.15) is 5.75 Å². The molecule has 0 unspecified atom stereocenters. The van der Waals surface area contributed by atoms with E-state index >= 15 is 0 Å². The molecule has 0 aromatic heterocycles. The molecule has 2 saturated carbocycles. The molecule has 1 spiro atoms. The average Bonchev–Trinajstić information content (AvgIpc) is 3.09. The summed E-state index contributed by atoms with van der Waals surface area (Å²) in [6.07, 6.45) is 11.1. The Balaban J connectivity index is 0.00000261. The number of carboxylic acid groups (broad SMARTS) is 1. The van der Waals surface area contributed by atoms with Gasteiger partial charge in [-0.05, 0) is 74.5 Å². The molecule has 1 aromatic carbocycles. The number of aliphatic carboxylic acids is 1. The zero-order valence-corrected chi connectivity index (χ0v) is 15.8. The number of hydrogen-bond acceptors (Lipinski definition) is 2. The van der Waals surface area contributed by atoms with Crippen molar-refractivity contribution in [3.8, 4) is 17.6 Å². The van der Waals surface area contributed by atoms with Crippen molar-refractivity contribution in [2.45, 2.75) is 70.6 Å². The summed E-state index contributed by atoms with van der Waals surface area (Å²) in [6.45, 7) is 2.54. The van der Waals surface area contributed by atoms with Crippen molar-refractivity contribution in [3.63, 3.8) is 0 Å². The van der Waals surface area contributed by atoms with Crippen molar-refractivity contribution in [1.82, 2.24) is 0 Å². The molecule has 3 rings (SSSR count). The van der Waals surface area contributed by atoms with Gasteiger partial charge in [-0.3, -0.25) is 4.79 Å². The Morgan fingerprint density at radius 1 is 1.19 bits per heavy atom. The molecule has 0 radical (unpaired) electrons. The van der Waals surface area contributed by atoms with Gasteiger partial charge in [0.15, 0.2) is 0 Å². The van der Waals surface area contributed by atoms with E-state index in [1.165, 1.54) is 51.4 Å². The second-order valence-electron chi connectivity index (χ2n) is 8.08. The van der Waals surface area contributed by atoms with Gasteiger partial charge in [0, 0.05) is 0 Å². The maximum atomic E-state index is 11.0. The van der Waals surface area contributed by atoms with Crippen LogP contribution in [0.5, 0.6) is 5.75 Å². The van der Waals surface area contributed by atoms with Gasteiger partial charge >= 0.3 is 35.5 Å². The van der Waals surface area contributed by atoms with Crippen molar-refractivity contribution < 1.29 is 14.6 Å². The molecule has 1 N–H and O–H groups in total. The summed E-state index contributed by atoms with van der Waals surface area (Å²) in [5, 5.41) is 9.04. The molecule has 0 heterocycles. The Morgan fingerprint density at radius 3 is 2.37 bits per heavy atom. The molecule has 2 aliphatic carbocycles. The van der Waals surface area contributed by atoms with Crippen molar-refractivity contribution in [2.24, 2.45) is 11.3 Å². The number of carbonyl (C=O) groups is 1. The zero-order chi connectivity index (χ0) is 18.4. The Kier molecular flexibility index (Phi) is 8.73. The Hall–Kier alpha value is -0.950. The summed E-state index contributed by atoms with van der Waals surface area (Å²) in [7, 11) is 0. The molecule has 4 heteroatoms. The summed E-state index contributed by atoms with van der Waals surface area (Å²) in [5.41, 5.74) is 1.62. The molecule has 27 heavy (non-hydrogen) atoms. The quantitative estimate of drug-likeness (QED) is 0.574. The third-order valence-electron chi connectivity index (χ3n) is 6.30. The van der Waals surface area contributed by atoms with E-state index in [2.05, 4.69) is 11.8 Å². The van der Waals surface area contributed by atoms with Crippen LogP contribution in [0.4, 0.5) is 0 Å². The molecule has 2 fully saturated rings. The molecule has 3 nitrogen and oxygen atoms in total. The molecule has 1 atom stereocenters. The first kappa shape index (κ1) is 22.3. The SMILES string of the molecule is CC#C[C@@H](CC(=O)O)c1ccc(OCC2CCC3(CCCC3)CC2)cc1.[NaH]. The van der Waals surface area contributed by atoms with Crippen LogP contribution in [0.1, 0.15) is 76.2 Å². The van der Waals surface area contributed by atoms with Gasteiger partial charge < -0.3 is 9.84 Å². The van der Waals surface area contributed by atoms with E-state index in [1.54, 1.807) is 6.92 Å². The predicted molar refractivity (Wildman–Crippen MR) is 110 cm³/mol. The molecule has 0 amide bonds. The molecule has 1 aromatic rings. The van der Waals surface area contributed by atoms with Crippen LogP contribution in [0, 0.1) is 23.2 Å². The van der Waals surface area contributed by atoms with Crippen LogP contribution in [0.25, 0.3) is 0 Å².